The van der Waals surface area contributed by atoms with Gasteiger partial charge in [-0.3, -0.25) is 0 Å². The van der Waals surface area contributed by atoms with Crippen LogP contribution >= 0.6 is 0 Å². The minimum absolute atomic E-state index is 0.491. The average Bonchev–Trinajstić information content (AvgIpc) is 1.95. The molecule has 0 aromatic rings. The van der Waals surface area contributed by atoms with Crippen LogP contribution in [0.25, 0.3) is 0 Å². The highest BCUT2D eigenvalue weighted by Gasteiger charge is 2.35. The second-order valence-electron chi connectivity index (χ2n) is 3.49. The van der Waals surface area contributed by atoms with Gasteiger partial charge in [-0.15, -0.1) is 0 Å². The number of rotatable bonds is 5. The van der Waals surface area contributed by atoms with Gasteiger partial charge in [0.1, 0.15) is 0 Å². The quantitative estimate of drug-likeness (QED) is 0.651. The Morgan fingerprint density at radius 1 is 1.36 bits per heavy atom. The Bertz CT molecular complexity index is 110. The molecule has 0 aromatic heterocycles. The minimum atomic E-state index is 0.491. The van der Waals surface area contributed by atoms with Crippen molar-refractivity contribution in [2.45, 2.75) is 26.7 Å². The van der Waals surface area contributed by atoms with Gasteiger partial charge in [-0.05, 0) is 13.3 Å². The fourth-order valence-corrected chi connectivity index (χ4v) is 1.68. The zero-order chi connectivity index (χ0) is 8.16. The van der Waals surface area contributed by atoms with E-state index >= 15 is 0 Å². The lowest BCUT2D eigenvalue weighted by Gasteiger charge is -2.42. The predicted molar refractivity (Wildman–Crippen MR) is 46.7 cm³/mol. The highest BCUT2D eigenvalue weighted by Crippen LogP contribution is 2.28. The first-order valence-electron chi connectivity index (χ1n) is 4.61. The topological polar surface area (TPSA) is 21.3 Å². The van der Waals surface area contributed by atoms with Crippen LogP contribution in [-0.2, 0) is 4.74 Å². The van der Waals surface area contributed by atoms with Crippen LogP contribution < -0.4 is 5.32 Å². The van der Waals surface area contributed by atoms with E-state index in [0.29, 0.717) is 5.41 Å². The zero-order valence-corrected chi connectivity index (χ0v) is 7.65. The van der Waals surface area contributed by atoms with Crippen LogP contribution in [0.1, 0.15) is 26.7 Å². The van der Waals surface area contributed by atoms with Gasteiger partial charge in [-0.25, -0.2) is 0 Å². The normalized spacial score (nSPS) is 21.3. The molecule has 1 saturated heterocycles. The first-order chi connectivity index (χ1) is 5.33. The molecule has 0 amide bonds. The third-order valence-corrected chi connectivity index (χ3v) is 2.39. The Balaban J connectivity index is 2.22. The van der Waals surface area contributed by atoms with Gasteiger partial charge in [0.2, 0.25) is 0 Å². The number of hydrogen-bond acceptors (Lipinski definition) is 2. The van der Waals surface area contributed by atoms with Crippen LogP contribution in [0.2, 0.25) is 0 Å². The lowest BCUT2D eigenvalue weighted by atomic mass is 9.78. The molecule has 0 aliphatic carbocycles. The smallest absolute Gasteiger partial charge is 0.0546 e. The molecule has 1 heterocycles. The van der Waals surface area contributed by atoms with Crippen molar-refractivity contribution in [3.8, 4) is 0 Å². The van der Waals surface area contributed by atoms with Crippen LogP contribution in [0.15, 0.2) is 0 Å². The molecule has 1 aliphatic rings. The number of ether oxygens (including phenoxy) is 1. The van der Waals surface area contributed by atoms with Crippen molar-refractivity contribution in [2.75, 3.05) is 26.3 Å². The Kier molecular flexibility index (Phi) is 3.34. The maximum atomic E-state index is 5.45. The molecule has 0 radical (unpaired) electrons. The highest BCUT2D eigenvalue weighted by molar-refractivity contribution is 4.91. The predicted octanol–water partition coefficient (Wildman–Crippen LogP) is 1.41. The molecule has 0 spiro atoms. The molecule has 1 rings (SSSR count). The third kappa shape index (κ3) is 2.17. The maximum Gasteiger partial charge on any atom is 0.0546 e. The Morgan fingerprint density at radius 2 is 2.09 bits per heavy atom. The Morgan fingerprint density at radius 3 is 2.45 bits per heavy atom. The van der Waals surface area contributed by atoms with Gasteiger partial charge in [-0.2, -0.15) is 0 Å². The largest absolute Gasteiger partial charge is 0.381 e. The minimum Gasteiger partial charge on any atom is -0.381 e. The molecule has 0 bridgehead atoms. The van der Waals surface area contributed by atoms with Crippen molar-refractivity contribution in [3.05, 3.63) is 0 Å². The molecule has 0 aromatic carbocycles. The summed E-state index contributed by atoms with van der Waals surface area (Å²) in [4.78, 5) is 0. The van der Waals surface area contributed by atoms with Crippen molar-refractivity contribution >= 4 is 0 Å². The van der Waals surface area contributed by atoms with Crippen molar-refractivity contribution in [2.24, 2.45) is 5.41 Å². The standard InChI is InChI=1S/C9H19NO/c1-3-5-9(6-10-7-9)8-11-4-2/h10H,3-8H2,1-2H3. The average molecular weight is 157 g/mol. The first kappa shape index (κ1) is 9.01. The van der Waals surface area contributed by atoms with Crippen LogP contribution in [-0.4, -0.2) is 26.3 Å². The maximum absolute atomic E-state index is 5.45. The van der Waals surface area contributed by atoms with Crippen LogP contribution in [0.4, 0.5) is 0 Å². The molecule has 66 valence electrons. The monoisotopic (exact) mass is 157 g/mol. The SMILES string of the molecule is CCCC1(COCC)CNC1. The molecular formula is C9H19NO. The fraction of sp³-hybridized carbons (Fsp3) is 1.00. The van der Waals surface area contributed by atoms with E-state index in [1.54, 1.807) is 0 Å². The van der Waals surface area contributed by atoms with Gasteiger partial charge >= 0.3 is 0 Å². The van der Waals surface area contributed by atoms with E-state index in [1.807, 2.05) is 0 Å². The van der Waals surface area contributed by atoms with Crippen molar-refractivity contribution in [1.82, 2.24) is 5.32 Å². The lowest BCUT2D eigenvalue weighted by Crippen LogP contribution is -2.55. The summed E-state index contributed by atoms with van der Waals surface area (Å²) in [5.74, 6) is 0. The van der Waals surface area contributed by atoms with E-state index in [4.69, 9.17) is 4.74 Å². The summed E-state index contributed by atoms with van der Waals surface area (Å²) in [6.07, 6.45) is 2.58. The Labute approximate surface area is 69.3 Å². The summed E-state index contributed by atoms with van der Waals surface area (Å²) in [6.45, 7) is 8.41. The number of hydrogen-bond donors (Lipinski definition) is 1. The molecule has 0 atom stereocenters. The third-order valence-electron chi connectivity index (χ3n) is 2.39. The van der Waals surface area contributed by atoms with Gasteiger partial charge in [0.15, 0.2) is 0 Å². The fourth-order valence-electron chi connectivity index (χ4n) is 1.68. The number of nitrogens with one attached hydrogen (secondary N) is 1. The van der Waals surface area contributed by atoms with Crippen molar-refractivity contribution in [3.63, 3.8) is 0 Å². The van der Waals surface area contributed by atoms with Crippen molar-refractivity contribution in [1.29, 1.82) is 0 Å². The van der Waals surface area contributed by atoms with Crippen LogP contribution in [0, 0.1) is 5.41 Å². The first-order valence-corrected chi connectivity index (χ1v) is 4.61. The van der Waals surface area contributed by atoms with Gasteiger partial charge in [-0.1, -0.05) is 13.3 Å². The van der Waals surface area contributed by atoms with Gasteiger partial charge in [0, 0.05) is 25.1 Å². The summed E-state index contributed by atoms with van der Waals surface area (Å²) >= 11 is 0. The summed E-state index contributed by atoms with van der Waals surface area (Å²) in [6, 6.07) is 0. The van der Waals surface area contributed by atoms with E-state index < -0.39 is 0 Å². The zero-order valence-electron chi connectivity index (χ0n) is 7.65. The van der Waals surface area contributed by atoms with Gasteiger partial charge in [0.25, 0.3) is 0 Å². The van der Waals surface area contributed by atoms with Gasteiger partial charge < -0.3 is 10.1 Å². The van der Waals surface area contributed by atoms with E-state index in [9.17, 15) is 0 Å². The van der Waals surface area contributed by atoms with E-state index in [1.165, 1.54) is 12.8 Å². The molecule has 1 N–H and O–H groups in total. The van der Waals surface area contributed by atoms with Gasteiger partial charge in [0.05, 0.1) is 6.61 Å². The van der Waals surface area contributed by atoms with E-state index in [2.05, 4.69) is 19.2 Å². The molecule has 1 aliphatic heterocycles. The molecule has 2 nitrogen and oxygen atoms in total. The second kappa shape index (κ2) is 4.07. The Hall–Kier alpha value is -0.0800. The summed E-state index contributed by atoms with van der Waals surface area (Å²) in [5, 5.41) is 3.32. The lowest BCUT2D eigenvalue weighted by molar-refractivity contribution is 0.00970. The molecule has 1 fully saturated rings. The van der Waals surface area contributed by atoms with Crippen LogP contribution in [0.5, 0.6) is 0 Å². The van der Waals surface area contributed by atoms with E-state index in [0.717, 1.165) is 26.3 Å². The van der Waals surface area contributed by atoms with Crippen molar-refractivity contribution < 1.29 is 4.74 Å². The summed E-state index contributed by atoms with van der Waals surface area (Å²) in [5.41, 5.74) is 0.491. The van der Waals surface area contributed by atoms with Crippen LogP contribution in [0.3, 0.4) is 0 Å². The summed E-state index contributed by atoms with van der Waals surface area (Å²) < 4.78 is 5.45. The molecular weight excluding hydrogens is 138 g/mol. The summed E-state index contributed by atoms with van der Waals surface area (Å²) in [7, 11) is 0. The molecule has 2 heteroatoms. The second-order valence-corrected chi connectivity index (χ2v) is 3.49. The van der Waals surface area contributed by atoms with E-state index in [-0.39, 0.29) is 0 Å². The molecule has 0 unspecified atom stereocenters. The highest BCUT2D eigenvalue weighted by atomic mass is 16.5. The molecule has 11 heavy (non-hydrogen) atoms. The molecule has 0 saturated carbocycles.